The van der Waals surface area contributed by atoms with E-state index in [1.165, 1.54) is 6.07 Å². The Labute approximate surface area is 82.5 Å². The van der Waals surface area contributed by atoms with Gasteiger partial charge in [-0.25, -0.2) is 4.39 Å². The number of rotatable bonds is 3. The summed E-state index contributed by atoms with van der Waals surface area (Å²) in [7, 11) is 0. The Hall–Kier alpha value is -0.540. The van der Waals surface area contributed by atoms with Crippen LogP contribution in [-0.2, 0) is 0 Å². The van der Waals surface area contributed by atoms with Crippen molar-refractivity contribution < 1.29 is 4.39 Å². The molecule has 0 aliphatic carbocycles. The molecule has 1 aromatic rings. The predicted molar refractivity (Wildman–Crippen MR) is 55.5 cm³/mol. The SMILES string of the molecule is Cc1cc(F)ccc1SCC(C)N. The van der Waals surface area contributed by atoms with Crippen molar-refractivity contribution >= 4 is 11.8 Å². The summed E-state index contributed by atoms with van der Waals surface area (Å²) >= 11 is 1.67. The number of aryl methyl sites for hydroxylation is 1. The van der Waals surface area contributed by atoms with E-state index in [1.54, 1.807) is 23.9 Å². The monoisotopic (exact) mass is 199 g/mol. The number of halogens is 1. The minimum atomic E-state index is -0.178. The average Bonchev–Trinajstić information content (AvgIpc) is 2.02. The van der Waals surface area contributed by atoms with Gasteiger partial charge in [-0.15, -0.1) is 11.8 Å². The Morgan fingerprint density at radius 3 is 2.77 bits per heavy atom. The molecular weight excluding hydrogens is 185 g/mol. The summed E-state index contributed by atoms with van der Waals surface area (Å²) in [5, 5.41) is 0. The lowest BCUT2D eigenvalue weighted by Crippen LogP contribution is -2.17. The zero-order chi connectivity index (χ0) is 9.84. The maximum absolute atomic E-state index is 12.7. The lowest BCUT2D eigenvalue weighted by atomic mass is 10.2. The molecule has 0 heterocycles. The number of benzene rings is 1. The van der Waals surface area contributed by atoms with Crippen LogP contribution >= 0.6 is 11.8 Å². The van der Waals surface area contributed by atoms with Crippen LogP contribution in [0.25, 0.3) is 0 Å². The molecule has 3 heteroatoms. The summed E-state index contributed by atoms with van der Waals surface area (Å²) in [6.07, 6.45) is 0. The van der Waals surface area contributed by atoms with Crippen molar-refractivity contribution in [1.82, 2.24) is 0 Å². The van der Waals surface area contributed by atoms with Crippen LogP contribution in [0.5, 0.6) is 0 Å². The van der Waals surface area contributed by atoms with Gasteiger partial charge >= 0.3 is 0 Å². The normalized spacial score (nSPS) is 12.9. The molecule has 0 saturated carbocycles. The number of thioether (sulfide) groups is 1. The molecule has 1 rings (SSSR count). The molecule has 0 fully saturated rings. The molecule has 0 aliphatic rings. The highest BCUT2D eigenvalue weighted by molar-refractivity contribution is 7.99. The lowest BCUT2D eigenvalue weighted by molar-refractivity contribution is 0.625. The fourth-order valence-corrected chi connectivity index (χ4v) is 1.89. The van der Waals surface area contributed by atoms with Gasteiger partial charge in [0.05, 0.1) is 0 Å². The molecule has 0 amide bonds. The maximum atomic E-state index is 12.7. The molecule has 0 spiro atoms. The Morgan fingerprint density at radius 1 is 1.54 bits per heavy atom. The summed E-state index contributed by atoms with van der Waals surface area (Å²) in [5.41, 5.74) is 6.60. The van der Waals surface area contributed by atoms with Crippen molar-refractivity contribution in [1.29, 1.82) is 0 Å². The summed E-state index contributed by atoms with van der Waals surface area (Å²) in [6, 6.07) is 5.01. The average molecular weight is 199 g/mol. The zero-order valence-electron chi connectivity index (χ0n) is 7.88. The second-order valence-corrected chi connectivity index (χ2v) is 4.26. The third-order valence-electron chi connectivity index (χ3n) is 1.64. The quantitative estimate of drug-likeness (QED) is 0.757. The molecular formula is C10H14FNS. The predicted octanol–water partition coefficient (Wildman–Crippen LogP) is 2.57. The van der Waals surface area contributed by atoms with Gasteiger partial charge in [0.1, 0.15) is 5.82 Å². The summed E-state index contributed by atoms with van der Waals surface area (Å²) in [4.78, 5) is 1.11. The minimum absolute atomic E-state index is 0.175. The van der Waals surface area contributed by atoms with E-state index in [9.17, 15) is 4.39 Å². The van der Waals surface area contributed by atoms with Crippen molar-refractivity contribution in [3.05, 3.63) is 29.6 Å². The van der Waals surface area contributed by atoms with Crippen molar-refractivity contribution in [2.75, 3.05) is 5.75 Å². The molecule has 13 heavy (non-hydrogen) atoms. The van der Waals surface area contributed by atoms with Crippen LogP contribution in [0.3, 0.4) is 0 Å². The van der Waals surface area contributed by atoms with Crippen LogP contribution in [-0.4, -0.2) is 11.8 Å². The van der Waals surface area contributed by atoms with Crippen LogP contribution in [0.2, 0.25) is 0 Å². The number of nitrogens with two attached hydrogens (primary N) is 1. The van der Waals surface area contributed by atoms with E-state index in [0.717, 1.165) is 16.2 Å². The van der Waals surface area contributed by atoms with Crippen LogP contribution in [0, 0.1) is 12.7 Å². The van der Waals surface area contributed by atoms with Gasteiger partial charge in [0.2, 0.25) is 0 Å². The van der Waals surface area contributed by atoms with E-state index in [2.05, 4.69) is 0 Å². The molecule has 0 aliphatic heterocycles. The highest BCUT2D eigenvalue weighted by atomic mass is 32.2. The Morgan fingerprint density at radius 2 is 2.23 bits per heavy atom. The Balaban J connectivity index is 2.67. The third kappa shape index (κ3) is 3.36. The largest absolute Gasteiger partial charge is 0.327 e. The fraction of sp³-hybridized carbons (Fsp3) is 0.400. The summed E-state index contributed by atoms with van der Waals surface area (Å²) in [6.45, 7) is 3.87. The first kappa shape index (κ1) is 10.5. The molecule has 0 saturated heterocycles. The first-order valence-corrected chi connectivity index (χ1v) is 5.22. The molecule has 0 aromatic heterocycles. The topological polar surface area (TPSA) is 26.0 Å². The Bertz CT molecular complexity index is 286. The van der Waals surface area contributed by atoms with Gasteiger partial charge < -0.3 is 5.73 Å². The molecule has 1 aromatic carbocycles. The fourth-order valence-electron chi connectivity index (χ4n) is 0.996. The summed E-state index contributed by atoms with van der Waals surface area (Å²) in [5.74, 6) is 0.689. The first-order valence-electron chi connectivity index (χ1n) is 4.24. The van der Waals surface area contributed by atoms with Crippen LogP contribution in [0.4, 0.5) is 4.39 Å². The van der Waals surface area contributed by atoms with Gasteiger partial charge in [-0.1, -0.05) is 0 Å². The maximum Gasteiger partial charge on any atom is 0.123 e. The van der Waals surface area contributed by atoms with E-state index in [0.29, 0.717) is 0 Å². The van der Waals surface area contributed by atoms with Gasteiger partial charge in [-0.3, -0.25) is 0 Å². The summed E-state index contributed by atoms with van der Waals surface area (Å²) < 4.78 is 12.7. The smallest absolute Gasteiger partial charge is 0.123 e. The van der Waals surface area contributed by atoms with Gasteiger partial charge in [0.25, 0.3) is 0 Å². The first-order chi connectivity index (χ1) is 6.09. The minimum Gasteiger partial charge on any atom is -0.327 e. The van der Waals surface area contributed by atoms with Crippen molar-refractivity contribution in [3.63, 3.8) is 0 Å². The second-order valence-electron chi connectivity index (χ2n) is 3.20. The van der Waals surface area contributed by atoms with Crippen LogP contribution in [0.15, 0.2) is 23.1 Å². The van der Waals surface area contributed by atoms with Gasteiger partial charge in [-0.05, 0) is 37.6 Å². The molecule has 1 atom stereocenters. The molecule has 0 radical (unpaired) electrons. The van der Waals surface area contributed by atoms with Gasteiger partial charge in [0, 0.05) is 16.7 Å². The Kier molecular flexibility index (Phi) is 3.75. The van der Waals surface area contributed by atoms with E-state index in [4.69, 9.17) is 5.73 Å². The van der Waals surface area contributed by atoms with E-state index in [1.807, 2.05) is 13.8 Å². The molecule has 72 valence electrons. The molecule has 2 N–H and O–H groups in total. The van der Waals surface area contributed by atoms with Gasteiger partial charge in [0.15, 0.2) is 0 Å². The highest BCUT2D eigenvalue weighted by Gasteiger charge is 2.01. The lowest BCUT2D eigenvalue weighted by Gasteiger charge is -2.07. The van der Waals surface area contributed by atoms with E-state index >= 15 is 0 Å². The second kappa shape index (κ2) is 4.63. The van der Waals surface area contributed by atoms with Crippen LogP contribution in [0.1, 0.15) is 12.5 Å². The molecule has 1 nitrogen and oxygen atoms in total. The highest BCUT2D eigenvalue weighted by Crippen LogP contribution is 2.23. The third-order valence-corrected chi connectivity index (χ3v) is 3.10. The van der Waals surface area contributed by atoms with Crippen LogP contribution < -0.4 is 5.73 Å². The van der Waals surface area contributed by atoms with Gasteiger partial charge in [-0.2, -0.15) is 0 Å². The standard InChI is InChI=1S/C10H14FNS/c1-7-5-9(11)3-4-10(7)13-6-8(2)12/h3-5,8H,6,12H2,1-2H3. The molecule has 1 unspecified atom stereocenters. The van der Waals surface area contributed by atoms with Crippen molar-refractivity contribution in [2.24, 2.45) is 5.73 Å². The number of hydrogen-bond donors (Lipinski definition) is 1. The van der Waals surface area contributed by atoms with Crippen molar-refractivity contribution in [2.45, 2.75) is 24.8 Å². The van der Waals surface area contributed by atoms with Crippen molar-refractivity contribution in [3.8, 4) is 0 Å². The van der Waals surface area contributed by atoms with E-state index < -0.39 is 0 Å². The number of hydrogen-bond acceptors (Lipinski definition) is 2. The molecule has 0 bridgehead atoms. The van der Waals surface area contributed by atoms with E-state index in [-0.39, 0.29) is 11.9 Å². The zero-order valence-corrected chi connectivity index (χ0v) is 8.70.